The van der Waals surface area contributed by atoms with E-state index in [4.69, 9.17) is 9.84 Å². The largest absolute Gasteiger partial charge is 0.478 e. The summed E-state index contributed by atoms with van der Waals surface area (Å²) in [5, 5.41) is 12.2. The van der Waals surface area contributed by atoms with Crippen molar-refractivity contribution in [1.82, 2.24) is 0 Å². The van der Waals surface area contributed by atoms with Crippen LogP contribution in [0.3, 0.4) is 0 Å². The standard InChI is InChI=1S/C13H16BrNO3/c1-18-12(8-2-3-8)7-15-11-5-9(13(16)17)4-10(14)6-11/h4-6,8,12,15H,2-3,7H2,1H3,(H,16,17). The summed E-state index contributed by atoms with van der Waals surface area (Å²) in [5.41, 5.74) is 1.07. The molecule has 98 valence electrons. The summed E-state index contributed by atoms with van der Waals surface area (Å²) >= 11 is 3.31. The van der Waals surface area contributed by atoms with Gasteiger partial charge in [0.1, 0.15) is 0 Å². The fraction of sp³-hybridized carbons (Fsp3) is 0.462. The number of carboxylic acid groups (broad SMARTS) is 1. The van der Waals surface area contributed by atoms with Gasteiger partial charge in [0, 0.05) is 23.8 Å². The number of carbonyl (C=O) groups is 1. The Morgan fingerprint density at radius 1 is 1.56 bits per heavy atom. The van der Waals surface area contributed by atoms with Gasteiger partial charge in [0.15, 0.2) is 0 Å². The zero-order valence-corrected chi connectivity index (χ0v) is 11.7. The first kappa shape index (κ1) is 13.4. The van der Waals surface area contributed by atoms with Gasteiger partial charge in [-0.15, -0.1) is 0 Å². The number of halogens is 1. The third-order valence-corrected chi connectivity index (χ3v) is 3.56. The second kappa shape index (κ2) is 5.71. The minimum absolute atomic E-state index is 0.206. The molecule has 4 nitrogen and oxygen atoms in total. The summed E-state index contributed by atoms with van der Waals surface area (Å²) in [4.78, 5) is 10.9. The Bertz CT molecular complexity index is 446. The van der Waals surface area contributed by atoms with E-state index >= 15 is 0 Å². The van der Waals surface area contributed by atoms with Gasteiger partial charge in [-0.2, -0.15) is 0 Å². The van der Waals surface area contributed by atoms with E-state index in [1.807, 2.05) is 6.07 Å². The van der Waals surface area contributed by atoms with Crippen LogP contribution in [-0.2, 0) is 4.74 Å². The second-order valence-corrected chi connectivity index (χ2v) is 5.44. The van der Waals surface area contributed by atoms with E-state index in [2.05, 4.69) is 21.2 Å². The van der Waals surface area contributed by atoms with E-state index in [9.17, 15) is 4.79 Å². The molecule has 1 aromatic rings. The van der Waals surface area contributed by atoms with E-state index in [0.29, 0.717) is 12.5 Å². The lowest BCUT2D eigenvalue weighted by Gasteiger charge is -2.16. The predicted octanol–water partition coefficient (Wildman–Crippen LogP) is 2.98. The molecule has 0 spiro atoms. The summed E-state index contributed by atoms with van der Waals surface area (Å²) < 4.78 is 6.17. The van der Waals surface area contributed by atoms with E-state index in [-0.39, 0.29) is 11.7 Å². The van der Waals surface area contributed by atoms with Crippen LogP contribution in [0.4, 0.5) is 5.69 Å². The lowest BCUT2D eigenvalue weighted by molar-refractivity contribution is 0.0697. The molecule has 0 saturated heterocycles. The number of rotatable bonds is 6. The van der Waals surface area contributed by atoms with Crippen molar-refractivity contribution in [1.29, 1.82) is 0 Å². The fourth-order valence-electron chi connectivity index (χ4n) is 1.94. The Kier molecular flexibility index (Phi) is 4.24. The first-order valence-electron chi connectivity index (χ1n) is 5.90. The number of ether oxygens (including phenoxy) is 1. The van der Waals surface area contributed by atoms with Crippen molar-refractivity contribution in [3.63, 3.8) is 0 Å². The summed E-state index contributed by atoms with van der Waals surface area (Å²) in [7, 11) is 1.72. The third kappa shape index (κ3) is 3.46. The molecule has 18 heavy (non-hydrogen) atoms. The number of methoxy groups -OCH3 is 1. The van der Waals surface area contributed by atoms with Gasteiger partial charge in [0.25, 0.3) is 0 Å². The topological polar surface area (TPSA) is 58.6 Å². The monoisotopic (exact) mass is 313 g/mol. The Balaban J connectivity index is 2.01. The molecule has 1 unspecified atom stereocenters. The van der Waals surface area contributed by atoms with Crippen LogP contribution in [-0.4, -0.2) is 30.8 Å². The maximum absolute atomic E-state index is 10.9. The highest BCUT2D eigenvalue weighted by Gasteiger charge is 2.30. The molecule has 1 atom stereocenters. The normalized spacial score (nSPS) is 16.3. The summed E-state index contributed by atoms with van der Waals surface area (Å²) in [6.07, 6.45) is 2.65. The Labute approximate surface area is 114 Å². The van der Waals surface area contributed by atoms with Crippen molar-refractivity contribution >= 4 is 27.6 Å². The molecule has 0 amide bonds. The van der Waals surface area contributed by atoms with Crippen LogP contribution in [0.2, 0.25) is 0 Å². The van der Waals surface area contributed by atoms with Crippen molar-refractivity contribution in [3.05, 3.63) is 28.2 Å². The Morgan fingerprint density at radius 3 is 2.83 bits per heavy atom. The van der Waals surface area contributed by atoms with Crippen LogP contribution in [0.1, 0.15) is 23.2 Å². The molecule has 5 heteroatoms. The van der Waals surface area contributed by atoms with Crippen LogP contribution in [0.5, 0.6) is 0 Å². The highest BCUT2D eigenvalue weighted by Crippen LogP contribution is 2.34. The first-order chi connectivity index (χ1) is 8.60. The molecule has 1 aromatic carbocycles. The van der Waals surface area contributed by atoms with Crippen LogP contribution < -0.4 is 5.32 Å². The van der Waals surface area contributed by atoms with Gasteiger partial charge in [-0.05, 0) is 37.0 Å². The van der Waals surface area contributed by atoms with Crippen molar-refractivity contribution in [3.8, 4) is 0 Å². The smallest absolute Gasteiger partial charge is 0.335 e. The number of aromatic carboxylic acids is 1. The predicted molar refractivity (Wildman–Crippen MR) is 73.1 cm³/mol. The van der Waals surface area contributed by atoms with Gasteiger partial charge in [-0.25, -0.2) is 4.79 Å². The second-order valence-electron chi connectivity index (χ2n) is 4.53. The number of carboxylic acids is 1. The van der Waals surface area contributed by atoms with Crippen LogP contribution >= 0.6 is 15.9 Å². The van der Waals surface area contributed by atoms with Gasteiger partial charge in [-0.3, -0.25) is 0 Å². The van der Waals surface area contributed by atoms with Crippen molar-refractivity contribution in [2.75, 3.05) is 19.0 Å². The van der Waals surface area contributed by atoms with Crippen LogP contribution in [0.15, 0.2) is 22.7 Å². The molecule has 2 rings (SSSR count). The molecule has 1 fully saturated rings. The van der Waals surface area contributed by atoms with Gasteiger partial charge < -0.3 is 15.2 Å². The number of hydrogen-bond acceptors (Lipinski definition) is 3. The minimum Gasteiger partial charge on any atom is -0.478 e. The number of anilines is 1. The highest BCUT2D eigenvalue weighted by molar-refractivity contribution is 9.10. The maximum atomic E-state index is 10.9. The molecule has 0 aliphatic heterocycles. The van der Waals surface area contributed by atoms with Crippen molar-refractivity contribution in [2.24, 2.45) is 5.92 Å². The van der Waals surface area contributed by atoms with E-state index in [1.165, 1.54) is 12.8 Å². The summed E-state index contributed by atoms with van der Waals surface area (Å²) in [5.74, 6) is -0.279. The Morgan fingerprint density at radius 2 is 2.28 bits per heavy atom. The zero-order valence-electron chi connectivity index (χ0n) is 10.1. The average molecular weight is 314 g/mol. The molecule has 0 radical (unpaired) electrons. The molecular formula is C13H16BrNO3. The van der Waals surface area contributed by atoms with Crippen molar-refractivity contribution in [2.45, 2.75) is 18.9 Å². The summed E-state index contributed by atoms with van der Waals surface area (Å²) in [6.45, 7) is 0.705. The van der Waals surface area contributed by atoms with E-state index in [0.717, 1.165) is 10.2 Å². The fourth-order valence-corrected chi connectivity index (χ4v) is 2.44. The number of benzene rings is 1. The molecule has 2 N–H and O–H groups in total. The molecular weight excluding hydrogens is 298 g/mol. The molecule has 1 aliphatic carbocycles. The van der Waals surface area contributed by atoms with Crippen LogP contribution in [0, 0.1) is 5.92 Å². The maximum Gasteiger partial charge on any atom is 0.335 e. The van der Waals surface area contributed by atoms with E-state index in [1.54, 1.807) is 19.2 Å². The molecule has 0 heterocycles. The highest BCUT2D eigenvalue weighted by atomic mass is 79.9. The minimum atomic E-state index is -0.926. The summed E-state index contributed by atoms with van der Waals surface area (Å²) in [6, 6.07) is 5.08. The molecule has 1 saturated carbocycles. The van der Waals surface area contributed by atoms with Crippen LogP contribution in [0.25, 0.3) is 0 Å². The Hall–Kier alpha value is -1.07. The number of nitrogens with one attached hydrogen (secondary N) is 1. The zero-order chi connectivity index (χ0) is 13.1. The first-order valence-corrected chi connectivity index (χ1v) is 6.70. The van der Waals surface area contributed by atoms with Gasteiger partial charge in [0.05, 0.1) is 11.7 Å². The molecule has 0 aromatic heterocycles. The third-order valence-electron chi connectivity index (χ3n) is 3.10. The molecule has 1 aliphatic rings. The lowest BCUT2D eigenvalue weighted by atomic mass is 10.2. The van der Waals surface area contributed by atoms with Gasteiger partial charge >= 0.3 is 5.97 Å². The molecule has 0 bridgehead atoms. The van der Waals surface area contributed by atoms with Crippen molar-refractivity contribution < 1.29 is 14.6 Å². The van der Waals surface area contributed by atoms with Gasteiger partial charge in [-0.1, -0.05) is 15.9 Å². The van der Waals surface area contributed by atoms with Gasteiger partial charge in [0.2, 0.25) is 0 Å². The lowest BCUT2D eigenvalue weighted by Crippen LogP contribution is -2.24. The quantitative estimate of drug-likeness (QED) is 0.847. The number of hydrogen-bond donors (Lipinski definition) is 2. The van der Waals surface area contributed by atoms with E-state index < -0.39 is 5.97 Å². The average Bonchev–Trinajstić information content (AvgIpc) is 3.13. The SMILES string of the molecule is COC(CNc1cc(Br)cc(C(=O)O)c1)C1CC1.